The lowest BCUT2D eigenvalue weighted by atomic mass is 9.95. The standard InChI is InChI=1S/C11H15N3O/c1-15-11-8(10(12)13)6-7-4-2-3-5-9(7)14-11/h6H,2-5H2,1H3,(H3,12,13). The number of methoxy groups -OCH3 is 1. The first-order valence-electron chi connectivity index (χ1n) is 5.13. The number of aryl methyl sites for hydroxylation is 2. The largest absolute Gasteiger partial charge is 0.480 e. The molecule has 80 valence electrons. The van der Waals surface area contributed by atoms with Crippen molar-refractivity contribution in [2.24, 2.45) is 5.73 Å². The van der Waals surface area contributed by atoms with Crippen LogP contribution in [0.15, 0.2) is 6.07 Å². The zero-order valence-electron chi connectivity index (χ0n) is 8.84. The lowest BCUT2D eigenvalue weighted by Crippen LogP contribution is -2.16. The van der Waals surface area contributed by atoms with E-state index >= 15 is 0 Å². The minimum Gasteiger partial charge on any atom is -0.480 e. The molecule has 4 nitrogen and oxygen atoms in total. The average molecular weight is 205 g/mol. The molecule has 0 saturated heterocycles. The fourth-order valence-corrected chi connectivity index (χ4v) is 1.96. The molecule has 0 radical (unpaired) electrons. The lowest BCUT2D eigenvalue weighted by molar-refractivity contribution is 0.393. The zero-order valence-corrected chi connectivity index (χ0v) is 8.84. The Morgan fingerprint density at radius 1 is 1.47 bits per heavy atom. The number of rotatable bonds is 2. The van der Waals surface area contributed by atoms with Gasteiger partial charge in [-0.15, -0.1) is 0 Å². The molecule has 0 amide bonds. The van der Waals surface area contributed by atoms with Gasteiger partial charge in [-0.25, -0.2) is 4.98 Å². The van der Waals surface area contributed by atoms with E-state index in [9.17, 15) is 0 Å². The first-order chi connectivity index (χ1) is 7.22. The Morgan fingerprint density at radius 3 is 2.87 bits per heavy atom. The number of nitrogens with one attached hydrogen (secondary N) is 1. The molecular formula is C11H15N3O. The highest BCUT2D eigenvalue weighted by molar-refractivity contribution is 5.97. The normalized spacial score (nSPS) is 14.5. The molecule has 1 aromatic rings. The van der Waals surface area contributed by atoms with Gasteiger partial charge in [0.1, 0.15) is 5.84 Å². The number of nitrogens with two attached hydrogens (primary N) is 1. The lowest BCUT2D eigenvalue weighted by Gasteiger charge is -2.17. The van der Waals surface area contributed by atoms with E-state index < -0.39 is 0 Å². The van der Waals surface area contributed by atoms with E-state index in [2.05, 4.69) is 4.98 Å². The molecule has 0 spiro atoms. The monoisotopic (exact) mass is 205 g/mol. The molecule has 1 aliphatic carbocycles. The molecule has 0 fully saturated rings. The van der Waals surface area contributed by atoms with E-state index in [0.717, 1.165) is 18.5 Å². The molecular weight excluding hydrogens is 190 g/mol. The second-order valence-electron chi connectivity index (χ2n) is 3.77. The molecule has 0 aromatic carbocycles. The molecule has 1 heterocycles. The fourth-order valence-electron chi connectivity index (χ4n) is 1.96. The van der Waals surface area contributed by atoms with E-state index in [4.69, 9.17) is 15.9 Å². The van der Waals surface area contributed by atoms with Crippen LogP contribution >= 0.6 is 0 Å². The molecule has 15 heavy (non-hydrogen) atoms. The summed E-state index contributed by atoms with van der Waals surface area (Å²) in [5.74, 6) is 0.496. The highest BCUT2D eigenvalue weighted by Crippen LogP contribution is 2.25. The summed E-state index contributed by atoms with van der Waals surface area (Å²) in [5, 5.41) is 7.45. The van der Waals surface area contributed by atoms with Crippen molar-refractivity contribution in [2.45, 2.75) is 25.7 Å². The quantitative estimate of drug-likeness (QED) is 0.564. The number of pyridine rings is 1. The number of ether oxygens (including phenoxy) is 1. The Bertz CT molecular complexity index is 401. The van der Waals surface area contributed by atoms with Gasteiger partial charge in [0.2, 0.25) is 5.88 Å². The first-order valence-corrected chi connectivity index (χ1v) is 5.13. The van der Waals surface area contributed by atoms with Crippen molar-refractivity contribution in [3.8, 4) is 5.88 Å². The number of aromatic nitrogens is 1. The Balaban J connectivity index is 2.51. The molecule has 3 N–H and O–H groups in total. The van der Waals surface area contributed by atoms with Crippen LogP contribution in [-0.2, 0) is 12.8 Å². The summed E-state index contributed by atoms with van der Waals surface area (Å²) in [7, 11) is 1.56. The van der Waals surface area contributed by atoms with Crippen molar-refractivity contribution in [1.29, 1.82) is 5.41 Å². The van der Waals surface area contributed by atoms with Gasteiger partial charge in [-0.1, -0.05) is 0 Å². The summed E-state index contributed by atoms with van der Waals surface area (Å²) in [5.41, 5.74) is 8.41. The Morgan fingerprint density at radius 2 is 2.20 bits per heavy atom. The predicted octanol–water partition coefficient (Wildman–Crippen LogP) is 1.25. The van der Waals surface area contributed by atoms with Crippen molar-refractivity contribution in [3.63, 3.8) is 0 Å². The van der Waals surface area contributed by atoms with Crippen LogP contribution in [0.25, 0.3) is 0 Å². The minimum atomic E-state index is 0.0210. The molecule has 4 heteroatoms. The average Bonchev–Trinajstić information content (AvgIpc) is 2.27. The predicted molar refractivity (Wildman–Crippen MR) is 58.4 cm³/mol. The van der Waals surface area contributed by atoms with Gasteiger partial charge < -0.3 is 10.5 Å². The van der Waals surface area contributed by atoms with Crippen LogP contribution < -0.4 is 10.5 Å². The van der Waals surface area contributed by atoms with Crippen molar-refractivity contribution < 1.29 is 4.74 Å². The van der Waals surface area contributed by atoms with Gasteiger partial charge in [0.25, 0.3) is 0 Å². The van der Waals surface area contributed by atoms with Gasteiger partial charge in [-0.05, 0) is 37.3 Å². The summed E-state index contributed by atoms with van der Waals surface area (Å²) in [6.45, 7) is 0. The van der Waals surface area contributed by atoms with Crippen LogP contribution in [0, 0.1) is 5.41 Å². The maximum Gasteiger partial charge on any atom is 0.224 e. The van der Waals surface area contributed by atoms with Crippen LogP contribution in [0.5, 0.6) is 5.88 Å². The number of nitrogen functional groups attached to an aromatic ring is 1. The van der Waals surface area contributed by atoms with Gasteiger partial charge in [0, 0.05) is 5.69 Å². The van der Waals surface area contributed by atoms with Gasteiger partial charge in [-0.2, -0.15) is 0 Å². The molecule has 0 aliphatic heterocycles. The highest BCUT2D eigenvalue weighted by Gasteiger charge is 2.16. The van der Waals surface area contributed by atoms with E-state index in [0.29, 0.717) is 11.4 Å². The molecule has 1 aliphatic rings. The number of hydrogen-bond donors (Lipinski definition) is 2. The van der Waals surface area contributed by atoms with Crippen LogP contribution in [0.1, 0.15) is 29.7 Å². The van der Waals surface area contributed by atoms with Gasteiger partial charge in [0.05, 0.1) is 12.7 Å². The second kappa shape index (κ2) is 3.88. The van der Waals surface area contributed by atoms with Crippen molar-refractivity contribution in [1.82, 2.24) is 4.98 Å². The van der Waals surface area contributed by atoms with Crippen LogP contribution in [0.3, 0.4) is 0 Å². The fraction of sp³-hybridized carbons (Fsp3) is 0.455. The molecule has 1 aromatic heterocycles. The van der Waals surface area contributed by atoms with Crippen molar-refractivity contribution >= 4 is 5.84 Å². The summed E-state index contributed by atoms with van der Waals surface area (Å²) in [4.78, 5) is 4.41. The number of fused-ring (bicyclic) bond motifs is 1. The number of amidine groups is 1. The smallest absolute Gasteiger partial charge is 0.224 e. The Kier molecular flexibility index (Phi) is 2.58. The third kappa shape index (κ3) is 1.79. The minimum absolute atomic E-state index is 0.0210. The summed E-state index contributed by atoms with van der Waals surface area (Å²) in [6, 6.07) is 1.95. The molecule has 0 saturated carbocycles. The third-order valence-corrected chi connectivity index (χ3v) is 2.75. The van der Waals surface area contributed by atoms with Crippen LogP contribution in [0.2, 0.25) is 0 Å². The van der Waals surface area contributed by atoms with Gasteiger partial charge >= 0.3 is 0 Å². The maximum absolute atomic E-state index is 7.45. The van der Waals surface area contributed by atoms with Gasteiger partial charge in [-0.3, -0.25) is 5.41 Å². The summed E-state index contributed by atoms with van der Waals surface area (Å²) < 4.78 is 5.14. The molecule has 2 rings (SSSR count). The van der Waals surface area contributed by atoms with E-state index in [1.54, 1.807) is 7.11 Å². The van der Waals surface area contributed by atoms with E-state index in [1.807, 2.05) is 6.07 Å². The zero-order chi connectivity index (χ0) is 10.8. The summed E-state index contributed by atoms with van der Waals surface area (Å²) in [6.07, 6.45) is 4.41. The summed E-state index contributed by atoms with van der Waals surface area (Å²) >= 11 is 0. The first kappa shape index (κ1) is 9.96. The topological polar surface area (TPSA) is 72.0 Å². The van der Waals surface area contributed by atoms with Crippen LogP contribution in [0.4, 0.5) is 0 Å². The molecule has 0 atom stereocenters. The third-order valence-electron chi connectivity index (χ3n) is 2.75. The van der Waals surface area contributed by atoms with E-state index in [1.165, 1.54) is 18.4 Å². The molecule has 0 unspecified atom stereocenters. The molecule has 0 bridgehead atoms. The number of nitrogens with zero attached hydrogens (tertiary/aromatic N) is 1. The Hall–Kier alpha value is -1.58. The van der Waals surface area contributed by atoms with E-state index in [-0.39, 0.29) is 5.84 Å². The maximum atomic E-state index is 7.45. The van der Waals surface area contributed by atoms with Crippen molar-refractivity contribution in [3.05, 3.63) is 22.9 Å². The SMILES string of the molecule is COc1nc2c(cc1C(=N)N)CCCC2. The number of hydrogen-bond acceptors (Lipinski definition) is 3. The van der Waals surface area contributed by atoms with Crippen LogP contribution in [-0.4, -0.2) is 17.9 Å². The van der Waals surface area contributed by atoms with Crippen molar-refractivity contribution in [2.75, 3.05) is 7.11 Å². The highest BCUT2D eigenvalue weighted by atomic mass is 16.5. The Labute approximate surface area is 89.0 Å². The van der Waals surface area contributed by atoms with Gasteiger partial charge in [0.15, 0.2) is 0 Å². The second-order valence-corrected chi connectivity index (χ2v) is 3.77.